The zero-order valence-electron chi connectivity index (χ0n) is 11.6. The summed E-state index contributed by atoms with van der Waals surface area (Å²) >= 11 is 1.84. The minimum absolute atomic E-state index is 0.121. The molecule has 0 aliphatic rings. The molecule has 1 nitrogen and oxygen atoms in total. The van der Waals surface area contributed by atoms with Gasteiger partial charge in [0.2, 0.25) is 0 Å². The minimum atomic E-state index is 0.121. The standard InChI is InChI=1S/C18H18OS/c1-15-6-4-10-18(12-15)20-14-17-9-5-8-16(13-17)7-2-3-11-19/h4-6,8-10,12-13,19H,3,11,14H2,1H3. The molecular weight excluding hydrogens is 264 g/mol. The predicted octanol–water partition coefficient (Wildman–Crippen LogP) is 4.02. The summed E-state index contributed by atoms with van der Waals surface area (Å²) in [7, 11) is 0. The number of thioether (sulfide) groups is 1. The van der Waals surface area contributed by atoms with E-state index >= 15 is 0 Å². The van der Waals surface area contributed by atoms with Crippen molar-refractivity contribution in [1.82, 2.24) is 0 Å². The van der Waals surface area contributed by atoms with E-state index in [0.29, 0.717) is 6.42 Å². The molecule has 0 radical (unpaired) electrons. The van der Waals surface area contributed by atoms with Gasteiger partial charge in [-0.15, -0.1) is 11.8 Å². The average molecular weight is 282 g/mol. The van der Waals surface area contributed by atoms with Crippen LogP contribution in [0.15, 0.2) is 53.4 Å². The van der Waals surface area contributed by atoms with Crippen LogP contribution in [0.1, 0.15) is 23.1 Å². The van der Waals surface area contributed by atoms with Crippen LogP contribution >= 0.6 is 11.8 Å². The normalized spacial score (nSPS) is 9.90. The fourth-order valence-electron chi connectivity index (χ4n) is 1.83. The first-order chi connectivity index (χ1) is 9.78. The van der Waals surface area contributed by atoms with E-state index in [1.54, 1.807) is 0 Å². The number of aryl methyl sites for hydroxylation is 1. The topological polar surface area (TPSA) is 20.2 Å². The second-order valence-corrected chi connectivity index (χ2v) is 5.63. The summed E-state index contributed by atoms with van der Waals surface area (Å²) in [6.45, 7) is 2.23. The Bertz CT molecular complexity index is 623. The average Bonchev–Trinajstić information content (AvgIpc) is 2.46. The molecule has 0 aliphatic carbocycles. The first-order valence-corrected chi connectivity index (χ1v) is 7.64. The lowest BCUT2D eigenvalue weighted by Crippen LogP contribution is -1.84. The first kappa shape index (κ1) is 14.7. The zero-order valence-corrected chi connectivity index (χ0v) is 12.4. The molecule has 0 saturated carbocycles. The van der Waals surface area contributed by atoms with Gasteiger partial charge in [-0.25, -0.2) is 0 Å². The highest BCUT2D eigenvalue weighted by molar-refractivity contribution is 7.98. The van der Waals surface area contributed by atoms with E-state index in [2.05, 4.69) is 55.2 Å². The van der Waals surface area contributed by atoms with Crippen molar-refractivity contribution in [1.29, 1.82) is 0 Å². The Kier molecular flexibility index (Phi) is 5.73. The van der Waals surface area contributed by atoms with Gasteiger partial charge in [-0.3, -0.25) is 0 Å². The minimum Gasteiger partial charge on any atom is -0.395 e. The molecule has 0 atom stereocenters. The van der Waals surface area contributed by atoms with Gasteiger partial charge in [0.15, 0.2) is 0 Å². The lowest BCUT2D eigenvalue weighted by atomic mass is 10.1. The van der Waals surface area contributed by atoms with Crippen LogP contribution in [-0.2, 0) is 5.75 Å². The van der Waals surface area contributed by atoms with E-state index in [4.69, 9.17) is 5.11 Å². The number of hydrogen-bond donors (Lipinski definition) is 1. The molecule has 1 N–H and O–H groups in total. The summed E-state index contributed by atoms with van der Waals surface area (Å²) in [6, 6.07) is 16.8. The maximum absolute atomic E-state index is 8.73. The van der Waals surface area contributed by atoms with Gasteiger partial charge >= 0.3 is 0 Å². The summed E-state index contributed by atoms with van der Waals surface area (Å²) in [5.41, 5.74) is 3.58. The highest BCUT2D eigenvalue weighted by atomic mass is 32.2. The van der Waals surface area contributed by atoms with E-state index in [1.165, 1.54) is 16.0 Å². The molecular formula is C18H18OS. The summed E-state index contributed by atoms with van der Waals surface area (Å²) in [6.07, 6.45) is 0.530. The van der Waals surface area contributed by atoms with Crippen molar-refractivity contribution in [3.63, 3.8) is 0 Å². The van der Waals surface area contributed by atoms with Gasteiger partial charge in [-0.1, -0.05) is 41.7 Å². The molecule has 2 rings (SSSR count). The molecule has 0 saturated heterocycles. The van der Waals surface area contributed by atoms with Crippen LogP contribution in [0.25, 0.3) is 0 Å². The van der Waals surface area contributed by atoms with Crippen LogP contribution in [0.2, 0.25) is 0 Å². The fourth-order valence-corrected chi connectivity index (χ4v) is 2.79. The zero-order chi connectivity index (χ0) is 14.2. The molecule has 0 unspecified atom stereocenters. The van der Waals surface area contributed by atoms with Gasteiger partial charge in [0, 0.05) is 22.6 Å². The largest absolute Gasteiger partial charge is 0.395 e. The predicted molar refractivity (Wildman–Crippen MR) is 85.8 cm³/mol. The third-order valence-electron chi connectivity index (χ3n) is 2.79. The van der Waals surface area contributed by atoms with Crippen LogP contribution in [0.3, 0.4) is 0 Å². The molecule has 0 spiro atoms. The van der Waals surface area contributed by atoms with Crippen LogP contribution in [0, 0.1) is 18.8 Å². The second-order valence-electron chi connectivity index (χ2n) is 4.58. The van der Waals surface area contributed by atoms with E-state index in [-0.39, 0.29) is 6.61 Å². The maximum atomic E-state index is 8.73. The van der Waals surface area contributed by atoms with E-state index in [1.807, 2.05) is 23.9 Å². The fraction of sp³-hybridized carbons (Fsp3) is 0.222. The van der Waals surface area contributed by atoms with Crippen LogP contribution < -0.4 is 0 Å². The van der Waals surface area contributed by atoms with Gasteiger partial charge < -0.3 is 5.11 Å². The Morgan fingerprint density at radius 1 is 1.10 bits per heavy atom. The molecule has 102 valence electrons. The number of rotatable bonds is 4. The second kappa shape index (κ2) is 7.79. The highest BCUT2D eigenvalue weighted by Gasteiger charge is 1.98. The van der Waals surface area contributed by atoms with Crippen molar-refractivity contribution in [3.8, 4) is 11.8 Å². The summed E-state index contributed by atoms with van der Waals surface area (Å²) in [4.78, 5) is 1.29. The van der Waals surface area contributed by atoms with Crippen molar-refractivity contribution < 1.29 is 5.11 Å². The van der Waals surface area contributed by atoms with Crippen molar-refractivity contribution in [3.05, 3.63) is 65.2 Å². The monoisotopic (exact) mass is 282 g/mol. The Morgan fingerprint density at radius 2 is 1.95 bits per heavy atom. The third-order valence-corrected chi connectivity index (χ3v) is 3.86. The van der Waals surface area contributed by atoms with Crippen LogP contribution in [-0.4, -0.2) is 11.7 Å². The molecule has 0 bridgehead atoms. The molecule has 2 heteroatoms. The van der Waals surface area contributed by atoms with E-state index in [0.717, 1.165) is 11.3 Å². The van der Waals surface area contributed by atoms with Gasteiger partial charge in [0.1, 0.15) is 0 Å². The van der Waals surface area contributed by atoms with Crippen LogP contribution in [0.5, 0.6) is 0 Å². The molecule has 0 amide bonds. The summed E-state index contributed by atoms with van der Waals surface area (Å²) in [5.74, 6) is 6.97. The van der Waals surface area contributed by atoms with E-state index in [9.17, 15) is 0 Å². The third kappa shape index (κ3) is 4.77. The first-order valence-electron chi connectivity index (χ1n) is 6.66. The van der Waals surface area contributed by atoms with Gasteiger partial charge in [0.05, 0.1) is 6.61 Å². The molecule has 2 aromatic carbocycles. The number of aliphatic hydroxyl groups excluding tert-OH is 1. The maximum Gasteiger partial charge on any atom is 0.0540 e. The van der Waals surface area contributed by atoms with Crippen molar-refractivity contribution >= 4 is 11.8 Å². The van der Waals surface area contributed by atoms with Crippen molar-refractivity contribution in [2.24, 2.45) is 0 Å². The lowest BCUT2D eigenvalue weighted by molar-refractivity contribution is 0.305. The van der Waals surface area contributed by atoms with Gasteiger partial charge in [-0.2, -0.15) is 0 Å². The smallest absolute Gasteiger partial charge is 0.0540 e. The SMILES string of the molecule is Cc1cccc(SCc2cccc(C#CCCO)c2)c1. The Balaban J connectivity index is 2.00. The highest BCUT2D eigenvalue weighted by Crippen LogP contribution is 2.23. The van der Waals surface area contributed by atoms with Gasteiger partial charge in [-0.05, 0) is 36.8 Å². The summed E-state index contributed by atoms with van der Waals surface area (Å²) in [5, 5.41) is 8.73. The lowest BCUT2D eigenvalue weighted by Gasteiger charge is -2.03. The van der Waals surface area contributed by atoms with E-state index < -0.39 is 0 Å². The molecule has 0 aliphatic heterocycles. The summed E-state index contributed by atoms with van der Waals surface area (Å²) < 4.78 is 0. The van der Waals surface area contributed by atoms with Crippen molar-refractivity contribution in [2.45, 2.75) is 24.0 Å². The molecule has 0 fully saturated rings. The molecule has 20 heavy (non-hydrogen) atoms. The number of aliphatic hydroxyl groups is 1. The Hall–Kier alpha value is -1.69. The van der Waals surface area contributed by atoms with Crippen molar-refractivity contribution in [2.75, 3.05) is 6.61 Å². The number of hydrogen-bond acceptors (Lipinski definition) is 2. The molecule has 0 aromatic heterocycles. The molecule has 2 aromatic rings. The Labute approximate surface area is 125 Å². The van der Waals surface area contributed by atoms with Gasteiger partial charge in [0.25, 0.3) is 0 Å². The molecule has 0 heterocycles. The quantitative estimate of drug-likeness (QED) is 0.675. The number of benzene rings is 2. The Morgan fingerprint density at radius 3 is 2.75 bits per heavy atom. The van der Waals surface area contributed by atoms with Crippen LogP contribution in [0.4, 0.5) is 0 Å².